The molecule has 0 rings (SSSR count). The molecule has 0 saturated carbocycles. The zero-order valence-electron chi connectivity index (χ0n) is 11.8. The molecular weight excluding hydrogens is 308 g/mol. The lowest BCUT2D eigenvalue weighted by molar-refractivity contribution is -0.123. The number of hydrogen-bond acceptors (Lipinski definition) is 11. The Kier molecular flexibility index (Phi) is 14.1. The molecule has 0 heterocycles. The van der Waals surface area contributed by atoms with E-state index < -0.39 is 69.2 Å². The minimum atomic E-state index is -1.67. The maximum Gasteiger partial charge on any atom is 0.111 e. The van der Waals surface area contributed by atoms with Crippen LogP contribution in [0.3, 0.4) is 0 Å². The summed E-state index contributed by atoms with van der Waals surface area (Å²) in [6.07, 6.45) is -10.7. The van der Waals surface area contributed by atoms with Crippen LogP contribution in [0.2, 0.25) is 0 Å². The maximum atomic E-state index is 8.96. The molecule has 0 bridgehead atoms. The Morgan fingerprint density at radius 2 is 0.545 bits per heavy atom. The van der Waals surface area contributed by atoms with Crippen LogP contribution in [0.4, 0.5) is 0 Å². The summed E-state index contributed by atoms with van der Waals surface area (Å²) in [6, 6.07) is 0. The first-order valence-electron chi connectivity index (χ1n) is 6.37. The smallest absolute Gasteiger partial charge is 0.111 e. The van der Waals surface area contributed by atoms with Crippen molar-refractivity contribution < 1.29 is 56.2 Å². The molecule has 6 atom stereocenters. The van der Waals surface area contributed by atoms with Crippen LogP contribution in [-0.2, 0) is 0 Å². The van der Waals surface area contributed by atoms with Crippen LogP contribution in [0.5, 0.6) is 0 Å². The highest BCUT2D eigenvalue weighted by atomic mass is 16.4. The Morgan fingerprint density at radius 1 is 0.364 bits per heavy atom. The molecule has 0 spiro atoms. The van der Waals surface area contributed by atoms with Crippen molar-refractivity contribution in [2.24, 2.45) is 0 Å². The molecule has 0 aliphatic rings. The van der Waals surface area contributed by atoms with Crippen LogP contribution in [-0.4, -0.2) is 125 Å². The van der Waals surface area contributed by atoms with E-state index in [4.69, 9.17) is 56.2 Å². The second-order valence-electron chi connectivity index (χ2n) is 4.47. The van der Waals surface area contributed by atoms with Crippen molar-refractivity contribution in [3.8, 4) is 0 Å². The van der Waals surface area contributed by atoms with Crippen molar-refractivity contribution in [1.82, 2.24) is 0 Å². The molecule has 136 valence electrons. The fourth-order valence-corrected chi connectivity index (χ4v) is 1.14. The van der Waals surface area contributed by atoms with Crippen molar-refractivity contribution in [2.45, 2.75) is 42.7 Å². The van der Waals surface area contributed by atoms with E-state index in [2.05, 4.69) is 0 Å². The maximum absolute atomic E-state index is 8.96. The summed E-state index contributed by atoms with van der Waals surface area (Å²) in [4.78, 5) is 0. The average Bonchev–Trinajstić information content (AvgIpc) is 2.56. The third-order valence-corrected chi connectivity index (χ3v) is 2.68. The van der Waals surface area contributed by atoms with E-state index in [1.807, 2.05) is 0 Å². The van der Waals surface area contributed by atoms with Gasteiger partial charge in [-0.25, -0.2) is 0 Å². The summed E-state index contributed by atoms with van der Waals surface area (Å²) in [5, 5.41) is 94.8. The van der Waals surface area contributed by atoms with Crippen molar-refractivity contribution in [3.63, 3.8) is 0 Å². The number of hydrogen-bond donors (Lipinski definition) is 11. The lowest BCUT2D eigenvalue weighted by atomic mass is 10.0. The lowest BCUT2D eigenvalue weighted by Crippen LogP contribution is -2.46. The summed E-state index contributed by atoms with van der Waals surface area (Å²) in [6.45, 7) is -2.73. The molecule has 22 heavy (non-hydrogen) atoms. The van der Waals surface area contributed by atoms with Gasteiger partial charge in [0.05, 0.1) is 26.4 Å². The van der Waals surface area contributed by atoms with E-state index in [1.165, 1.54) is 0 Å². The molecule has 0 aliphatic heterocycles. The van der Waals surface area contributed by atoms with Gasteiger partial charge in [0, 0.05) is 0 Å². The van der Waals surface area contributed by atoms with Crippen LogP contribution in [0.1, 0.15) is 0 Å². The molecular formula is C11H26O11. The number of aliphatic hydroxyl groups is 11. The van der Waals surface area contributed by atoms with Gasteiger partial charge in [-0.15, -0.1) is 0 Å². The van der Waals surface area contributed by atoms with Crippen LogP contribution in [0, 0.1) is 0 Å². The van der Waals surface area contributed by atoms with Gasteiger partial charge in [0.2, 0.25) is 0 Å². The van der Waals surface area contributed by atoms with Gasteiger partial charge in [-0.1, -0.05) is 0 Å². The zero-order valence-corrected chi connectivity index (χ0v) is 11.8. The minimum absolute atomic E-state index is 0.641. The molecule has 11 nitrogen and oxygen atoms in total. The molecule has 11 N–H and O–H groups in total. The molecule has 0 saturated heterocycles. The van der Waals surface area contributed by atoms with Gasteiger partial charge < -0.3 is 56.2 Å². The van der Waals surface area contributed by atoms with Crippen molar-refractivity contribution in [2.75, 3.05) is 26.4 Å². The van der Waals surface area contributed by atoms with Crippen LogP contribution in [0.15, 0.2) is 0 Å². The highest BCUT2D eigenvalue weighted by Gasteiger charge is 2.29. The minimum Gasteiger partial charge on any atom is -0.394 e. The van der Waals surface area contributed by atoms with E-state index in [-0.39, 0.29) is 0 Å². The second kappa shape index (κ2) is 13.0. The predicted molar refractivity (Wildman–Crippen MR) is 70.4 cm³/mol. The number of rotatable bonds is 9. The summed E-state index contributed by atoms with van der Waals surface area (Å²) in [5.74, 6) is 0. The Hall–Kier alpha value is -0.440. The fraction of sp³-hybridized carbons (Fsp3) is 1.00. The van der Waals surface area contributed by atoms with E-state index in [0.717, 1.165) is 0 Å². The summed E-state index contributed by atoms with van der Waals surface area (Å²) >= 11 is 0. The fourth-order valence-electron chi connectivity index (χ4n) is 1.14. The first-order valence-corrected chi connectivity index (χ1v) is 6.37. The van der Waals surface area contributed by atoms with Gasteiger partial charge in [-0.2, -0.15) is 0 Å². The van der Waals surface area contributed by atoms with Crippen LogP contribution >= 0.6 is 0 Å². The zero-order chi connectivity index (χ0) is 17.9. The number of aliphatic hydroxyl groups excluding tert-OH is 11. The molecule has 6 unspecified atom stereocenters. The third-order valence-electron chi connectivity index (χ3n) is 2.68. The Balaban J connectivity index is 0. The van der Waals surface area contributed by atoms with Gasteiger partial charge in [0.15, 0.2) is 0 Å². The molecule has 11 heteroatoms. The van der Waals surface area contributed by atoms with Crippen molar-refractivity contribution in [1.29, 1.82) is 0 Å². The van der Waals surface area contributed by atoms with Crippen LogP contribution < -0.4 is 0 Å². The molecule has 0 aromatic carbocycles. The molecule has 0 aliphatic carbocycles. The van der Waals surface area contributed by atoms with Gasteiger partial charge in [0.1, 0.15) is 42.7 Å². The Bertz CT molecular complexity index is 230. The molecule has 0 fully saturated rings. The van der Waals surface area contributed by atoms with Crippen molar-refractivity contribution in [3.05, 3.63) is 0 Å². The highest BCUT2D eigenvalue weighted by Crippen LogP contribution is 2.04. The predicted octanol–water partition coefficient (Wildman–Crippen LogP) is -6.53. The Morgan fingerprint density at radius 3 is 0.727 bits per heavy atom. The lowest BCUT2D eigenvalue weighted by Gasteiger charge is -2.24. The largest absolute Gasteiger partial charge is 0.394 e. The topological polar surface area (TPSA) is 223 Å². The van der Waals surface area contributed by atoms with Gasteiger partial charge >= 0.3 is 0 Å². The average molecular weight is 334 g/mol. The first-order chi connectivity index (χ1) is 10.2. The van der Waals surface area contributed by atoms with Gasteiger partial charge in [-0.05, 0) is 0 Å². The SMILES string of the molecule is OCC(O)C(O)C(O)C(O)CO.OCC(O)C(O)C(O)CO. The van der Waals surface area contributed by atoms with Gasteiger partial charge in [0.25, 0.3) is 0 Å². The monoisotopic (exact) mass is 334 g/mol. The van der Waals surface area contributed by atoms with E-state index in [9.17, 15) is 0 Å². The van der Waals surface area contributed by atoms with E-state index in [1.54, 1.807) is 0 Å². The molecule has 0 aromatic rings. The quantitative estimate of drug-likeness (QED) is 0.190. The third kappa shape index (κ3) is 8.87. The Labute approximate surface area is 126 Å². The molecule has 0 radical (unpaired) electrons. The van der Waals surface area contributed by atoms with Crippen molar-refractivity contribution >= 4 is 0 Å². The highest BCUT2D eigenvalue weighted by molar-refractivity contribution is 4.79. The summed E-state index contributed by atoms with van der Waals surface area (Å²) in [7, 11) is 0. The van der Waals surface area contributed by atoms with Gasteiger partial charge in [-0.3, -0.25) is 0 Å². The molecule has 0 amide bonds. The normalized spacial score (nSPS) is 20.9. The van der Waals surface area contributed by atoms with Crippen LogP contribution in [0.25, 0.3) is 0 Å². The second-order valence-corrected chi connectivity index (χ2v) is 4.47. The first kappa shape index (κ1) is 23.8. The summed E-state index contributed by atoms with van der Waals surface area (Å²) in [5.41, 5.74) is 0. The van der Waals surface area contributed by atoms with E-state index >= 15 is 0 Å². The van der Waals surface area contributed by atoms with E-state index in [0.29, 0.717) is 0 Å². The molecule has 0 aromatic heterocycles. The standard InChI is InChI=1S/C6H14O6.C5H12O5/c7-1-3(9)5(11)6(12)4(10)2-8;6-1-3(8)5(10)4(9)2-7/h3-12H,1-2H2;3-10H,1-2H2. The summed E-state index contributed by atoms with van der Waals surface area (Å²) < 4.78 is 0.